The van der Waals surface area contributed by atoms with E-state index in [2.05, 4.69) is 38.8 Å². The van der Waals surface area contributed by atoms with Crippen LogP contribution < -0.4 is 10.6 Å². The number of aryl methyl sites for hydroxylation is 1. The molecule has 3 heterocycles. The quantitative estimate of drug-likeness (QED) is 0.851. The molecule has 1 aromatic heterocycles. The SMILES string of the molecule is CC(=O)N1[C@@H]2CC[C@H]1c1ccc(Nc3ncc(C)c(NC4CCC4)n3)cc12. The van der Waals surface area contributed by atoms with Gasteiger partial charge in [0.25, 0.3) is 0 Å². The molecule has 2 atom stereocenters. The van der Waals surface area contributed by atoms with Gasteiger partial charge in [-0.25, -0.2) is 4.98 Å². The van der Waals surface area contributed by atoms with Crippen LogP contribution in [0.4, 0.5) is 17.5 Å². The van der Waals surface area contributed by atoms with E-state index in [1.807, 2.05) is 18.0 Å². The second-order valence-corrected chi connectivity index (χ2v) is 8.00. The van der Waals surface area contributed by atoms with Crippen molar-refractivity contribution < 1.29 is 4.79 Å². The topological polar surface area (TPSA) is 70.2 Å². The summed E-state index contributed by atoms with van der Waals surface area (Å²) in [5.41, 5.74) is 4.61. The van der Waals surface area contributed by atoms with E-state index >= 15 is 0 Å². The molecule has 1 saturated carbocycles. The lowest BCUT2D eigenvalue weighted by atomic mass is 9.91. The standard InChI is InChI=1S/C21H25N5O/c1-12-11-22-21(25-20(12)23-14-4-3-5-14)24-15-6-7-16-17(10-15)19-9-8-18(16)26(19)13(2)27/h6-7,10-11,14,18-19H,3-5,8-9H2,1-2H3,(H2,22,23,24,25)/t18-,19+/m0/s1. The van der Waals surface area contributed by atoms with Crippen molar-refractivity contribution in [3.63, 3.8) is 0 Å². The molecule has 5 rings (SSSR count). The molecule has 2 aliphatic heterocycles. The van der Waals surface area contributed by atoms with Crippen molar-refractivity contribution in [2.75, 3.05) is 10.6 Å². The Balaban J connectivity index is 1.38. The first-order valence-corrected chi connectivity index (χ1v) is 9.90. The maximum absolute atomic E-state index is 12.0. The van der Waals surface area contributed by atoms with Crippen LogP contribution in [0.5, 0.6) is 0 Å². The van der Waals surface area contributed by atoms with E-state index in [-0.39, 0.29) is 18.0 Å². The summed E-state index contributed by atoms with van der Waals surface area (Å²) in [7, 11) is 0. The number of nitrogens with one attached hydrogen (secondary N) is 2. The Kier molecular flexibility index (Phi) is 3.81. The number of carbonyl (C=O) groups excluding carboxylic acids is 1. The molecule has 3 aliphatic rings. The van der Waals surface area contributed by atoms with Crippen LogP contribution in [0.1, 0.15) is 67.8 Å². The molecule has 2 aromatic rings. The second-order valence-electron chi connectivity index (χ2n) is 8.00. The zero-order valence-electron chi connectivity index (χ0n) is 15.8. The number of aromatic nitrogens is 2. The van der Waals surface area contributed by atoms with Gasteiger partial charge in [0.1, 0.15) is 5.82 Å². The average molecular weight is 363 g/mol. The monoisotopic (exact) mass is 363 g/mol. The molecular formula is C21H25N5O. The van der Waals surface area contributed by atoms with Gasteiger partial charge in [-0.15, -0.1) is 0 Å². The van der Waals surface area contributed by atoms with Crippen LogP contribution in [0.15, 0.2) is 24.4 Å². The third-order valence-electron chi connectivity index (χ3n) is 6.23. The van der Waals surface area contributed by atoms with Crippen LogP contribution in [0.3, 0.4) is 0 Å². The highest BCUT2D eigenvalue weighted by atomic mass is 16.2. The first kappa shape index (κ1) is 16.5. The Morgan fingerprint density at radius 3 is 2.63 bits per heavy atom. The highest BCUT2D eigenvalue weighted by molar-refractivity contribution is 5.77. The number of anilines is 3. The fraction of sp³-hybridized carbons (Fsp3) is 0.476. The number of rotatable bonds is 4. The number of benzene rings is 1. The summed E-state index contributed by atoms with van der Waals surface area (Å²) in [6.45, 7) is 3.71. The zero-order valence-corrected chi connectivity index (χ0v) is 15.8. The van der Waals surface area contributed by atoms with Crippen molar-refractivity contribution in [1.29, 1.82) is 0 Å². The van der Waals surface area contributed by atoms with Crippen LogP contribution in [0.2, 0.25) is 0 Å². The van der Waals surface area contributed by atoms with Crippen molar-refractivity contribution in [3.8, 4) is 0 Å². The molecule has 0 spiro atoms. The number of amides is 1. The van der Waals surface area contributed by atoms with Crippen molar-refractivity contribution >= 4 is 23.4 Å². The summed E-state index contributed by atoms with van der Waals surface area (Å²) in [5, 5.41) is 6.87. The Morgan fingerprint density at radius 1 is 1.15 bits per heavy atom. The Hall–Kier alpha value is -2.63. The van der Waals surface area contributed by atoms with Gasteiger partial charge < -0.3 is 15.5 Å². The third-order valence-corrected chi connectivity index (χ3v) is 6.23. The van der Waals surface area contributed by atoms with E-state index in [9.17, 15) is 4.79 Å². The molecule has 1 aromatic carbocycles. The minimum Gasteiger partial charge on any atom is -0.367 e. The molecule has 27 heavy (non-hydrogen) atoms. The lowest BCUT2D eigenvalue weighted by Crippen LogP contribution is -2.28. The maximum Gasteiger partial charge on any atom is 0.229 e. The maximum atomic E-state index is 12.0. The number of fused-ring (bicyclic) bond motifs is 5. The molecule has 1 aliphatic carbocycles. The van der Waals surface area contributed by atoms with Crippen molar-refractivity contribution in [3.05, 3.63) is 41.1 Å². The lowest BCUT2D eigenvalue weighted by Gasteiger charge is -2.27. The largest absolute Gasteiger partial charge is 0.367 e. The molecule has 2 fully saturated rings. The van der Waals surface area contributed by atoms with E-state index in [1.165, 1.54) is 30.4 Å². The van der Waals surface area contributed by atoms with Gasteiger partial charge in [0, 0.05) is 30.4 Å². The molecule has 140 valence electrons. The summed E-state index contributed by atoms with van der Waals surface area (Å²) in [6.07, 6.45) is 7.71. The van der Waals surface area contributed by atoms with E-state index in [1.54, 1.807) is 6.92 Å². The summed E-state index contributed by atoms with van der Waals surface area (Å²) in [4.78, 5) is 23.2. The van der Waals surface area contributed by atoms with Gasteiger partial charge in [-0.2, -0.15) is 4.98 Å². The highest BCUT2D eigenvalue weighted by Gasteiger charge is 2.45. The molecule has 2 bridgehead atoms. The fourth-order valence-corrected chi connectivity index (χ4v) is 4.63. The molecule has 0 radical (unpaired) electrons. The van der Waals surface area contributed by atoms with Crippen molar-refractivity contribution in [1.82, 2.24) is 14.9 Å². The Labute approximate surface area is 159 Å². The summed E-state index contributed by atoms with van der Waals surface area (Å²) < 4.78 is 0. The molecule has 6 nitrogen and oxygen atoms in total. The second kappa shape index (κ2) is 6.22. The minimum atomic E-state index is 0.168. The highest BCUT2D eigenvalue weighted by Crippen LogP contribution is 2.53. The average Bonchev–Trinajstić information content (AvgIpc) is 3.17. The van der Waals surface area contributed by atoms with Gasteiger partial charge >= 0.3 is 0 Å². The number of hydrogen-bond donors (Lipinski definition) is 2. The van der Waals surface area contributed by atoms with E-state index in [0.717, 1.165) is 29.9 Å². The van der Waals surface area contributed by atoms with Crippen LogP contribution >= 0.6 is 0 Å². The minimum absolute atomic E-state index is 0.168. The van der Waals surface area contributed by atoms with E-state index < -0.39 is 0 Å². The fourth-order valence-electron chi connectivity index (χ4n) is 4.63. The van der Waals surface area contributed by atoms with Crippen LogP contribution in [-0.2, 0) is 4.79 Å². The third kappa shape index (κ3) is 2.74. The molecule has 1 amide bonds. The van der Waals surface area contributed by atoms with Crippen molar-refractivity contribution in [2.24, 2.45) is 0 Å². The summed E-state index contributed by atoms with van der Waals surface area (Å²) >= 11 is 0. The molecule has 2 N–H and O–H groups in total. The Bertz CT molecular complexity index is 907. The van der Waals surface area contributed by atoms with Crippen molar-refractivity contribution in [2.45, 2.75) is 64.1 Å². The van der Waals surface area contributed by atoms with Gasteiger partial charge in [-0.3, -0.25) is 4.79 Å². The molecule has 0 unspecified atom stereocenters. The van der Waals surface area contributed by atoms with Crippen LogP contribution in [0, 0.1) is 6.92 Å². The zero-order chi connectivity index (χ0) is 18.5. The summed E-state index contributed by atoms with van der Waals surface area (Å²) in [6, 6.07) is 7.40. The molecular weight excluding hydrogens is 338 g/mol. The first-order valence-electron chi connectivity index (χ1n) is 9.90. The predicted octanol–water partition coefficient (Wildman–Crippen LogP) is 4.23. The lowest BCUT2D eigenvalue weighted by molar-refractivity contribution is -0.131. The summed E-state index contributed by atoms with van der Waals surface area (Å²) in [5.74, 6) is 1.69. The number of carbonyl (C=O) groups is 1. The van der Waals surface area contributed by atoms with Gasteiger partial charge in [-0.05, 0) is 62.3 Å². The van der Waals surface area contributed by atoms with Gasteiger partial charge in [-0.1, -0.05) is 6.07 Å². The molecule has 6 heteroatoms. The smallest absolute Gasteiger partial charge is 0.229 e. The predicted molar refractivity (Wildman–Crippen MR) is 105 cm³/mol. The van der Waals surface area contributed by atoms with E-state index in [4.69, 9.17) is 0 Å². The van der Waals surface area contributed by atoms with Gasteiger partial charge in [0.2, 0.25) is 11.9 Å². The van der Waals surface area contributed by atoms with E-state index in [0.29, 0.717) is 12.0 Å². The number of nitrogens with zero attached hydrogens (tertiary/aromatic N) is 3. The molecule has 1 saturated heterocycles. The van der Waals surface area contributed by atoms with Gasteiger partial charge in [0.05, 0.1) is 12.1 Å². The van der Waals surface area contributed by atoms with Crippen LogP contribution in [0.25, 0.3) is 0 Å². The first-order chi connectivity index (χ1) is 13.1. The normalized spacial score (nSPS) is 23.1. The van der Waals surface area contributed by atoms with Crippen LogP contribution in [-0.4, -0.2) is 26.8 Å². The Morgan fingerprint density at radius 2 is 1.93 bits per heavy atom. The van der Waals surface area contributed by atoms with Gasteiger partial charge in [0.15, 0.2) is 0 Å². The number of hydrogen-bond acceptors (Lipinski definition) is 5.